The molecule has 1 aromatic rings. The lowest BCUT2D eigenvalue weighted by molar-refractivity contribution is -0.140. The molecule has 1 amide bonds. The molecular formula is C11H15N3O5S. The van der Waals surface area contributed by atoms with Crippen molar-refractivity contribution < 1.29 is 24.6 Å². The van der Waals surface area contributed by atoms with Crippen LogP contribution in [-0.4, -0.2) is 39.1 Å². The van der Waals surface area contributed by atoms with Gasteiger partial charge < -0.3 is 21.3 Å². The highest BCUT2D eigenvalue weighted by Crippen LogP contribution is 2.16. The highest BCUT2D eigenvalue weighted by molar-refractivity contribution is 7.09. The molecule has 8 nitrogen and oxygen atoms in total. The van der Waals surface area contributed by atoms with E-state index in [4.69, 9.17) is 15.9 Å². The number of hydrogen-bond donors (Lipinski definition) is 4. The summed E-state index contributed by atoms with van der Waals surface area (Å²) >= 11 is 1.20. The van der Waals surface area contributed by atoms with Crippen molar-refractivity contribution in [2.75, 3.05) is 0 Å². The first-order valence-electron chi connectivity index (χ1n) is 5.77. The Labute approximate surface area is 118 Å². The number of nitrogens with one attached hydrogen (secondary N) is 1. The molecule has 20 heavy (non-hydrogen) atoms. The van der Waals surface area contributed by atoms with Crippen molar-refractivity contribution in [3.63, 3.8) is 0 Å². The lowest BCUT2D eigenvalue weighted by Gasteiger charge is -2.12. The van der Waals surface area contributed by atoms with Crippen molar-refractivity contribution in [2.24, 2.45) is 5.73 Å². The number of carbonyl (C=O) groups is 3. The van der Waals surface area contributed by atoms with Crippen molar-refractivity contribution in [3.8, 4) is 0 Å². The topological polar surface area (TPSA) is 143 Å². The van der Waals surface area contributed by atoms with Crippen LogP contribution in [0.3, 0.4) is 0 Å². The van der Waals surface area contributed by atoms with Crippen LogP contribution in [0.5, 0.6) is 0 Å². The summed E-state index contributed by atoms with van der Waals surface area (Å²) in [4.78, 5) is 37.2. The Morgan fingerprint density at radius 1 is 1.45 bits per heavy atom. The number of aromatic nitrogens is 1. The molecule has 0 radical (unpaired) electrons. The molecule has 0 fully saturated rings. The lowest BCUT2D eigenvalue weighted by Crippen LogP contribution is -2.41. The fraction of sp³-hybridized carbons (Fsp3) is 0.455. The molecule has 0 aliphatic carbocycles. The second kappa shape index (κ2) is 6.96. The fourth-order valence-corrected chi connectivity index (χ4v) is 2.12. The maximum absolute atomic E-state index is 11.8. The first kappa shape index (κ1) is 16.1. The zero-order valence-corrected chi connectivity index (χ0v) is 11.5. The summed E-state index contributed by atoms with van der Waals surface area (Å²) in [7, 11) is 0. The summed E-state index contributed by atoms with van der Waals surface area (Å²) in [6.45, 7) is 1.72. The Balaban J connectivity index is 2.69. The van der Waals surface area contributed by atoms with Crippen LogP contribution in [0.15, 0.2) is 5.38 Å². The van der Waals surface area contributed by atoms with Gasteiger partial charge in [0.05, 0.1) is 6.04 Å². The van der Waals surface area contributed by atoms with E-state index in [2.05, 4.69) is 10.3 Å². The van der Waals surface area contributed by atoms with Gasteiger partial charge in [-0.2, -0.15) is 0 Å². The monoisotopic (exact) mass is 301 g/mol. The number of carbonyl (C=O) groups excluding carboxylic acids is 1. The third-order valence-electron chi connectivity index (χ3n) is 2.39. The van der Waals surface area contributed by atoms with Gasteiger partial charge in [-0.3, -0.25) is 9.59 Å². The van der Waals surface area contributed by atoms with E-state index in [-0.39, 0.29) is 24.6 Å². The smallest absolute Gasteiger partial charge is 0.326 e. The minimum Gasteiger partial charge on any atom is -0.481 e. The standard InChI is InChI=1S/C11H15N3O5S/c1-5(12)10-14-7(4-20-10)9(17)13-6(11(18)19)2-3-8(15)16/h4-6H,2-3,12H2,1H3,(H,13,17)(H,15,16)(H,18,19)/t5?,6-/m0/s1. The normalized spacial score (nSPS) is 13.5. The van der Waals surface area contributed by atoms with Gasteiger partial charge in [0.2, 0.25) is 0 Å². The van der Waals surface area contributed by atoms with Crippen LogP contribution in [0.1, 0.15) is 41.3 Å². The van der Waals surface area contributed by atoms with E-state index < -0.39 is 23.9 Å². The van der Waals surface area contributed by atoms with Crippen molar-refractivity contribution >= 4 is 29.2 Å². The SMILES string of the molecule is CC(N)c1nc(C(=O)N[C@@H](CCC(=O)O)C(=O)O)cs1. The van der Waals surface area contributed by atoms with Crippen molar-refractivity contribution in [1.29, 1.82) is 0 Å². The van der Waals surface area contributed by atoms with Gasteiger partial charge in [0.15, 0.2) is 0 Å². The number of carboxylic acids is 2. The van der Waals surface area contributed by atoms with Gasteiger partial charge in [0.1, 0.15) is 16.7 Å². The van der Waals surface area contributed by atoms with Gasteiger partial charge in [-0.1, -0.05) is 0 Å². The van der Waals surface area contributed by atoms with Crippen LogP contribution < -0.4 is 11.1 Å². The average Bonchev–Trinajstić information content (AvgIpc) is 2.83. The predicted octanol–water partition coefficient (Wildman–Crippen LogP) is 0.211. The second-order valence-electron chi connectivity index (χ2n) is 4.16. The Morgan fingerprint density at radius 2 is 2.10 bits per heavy atom. The van der Waals surface area contributed by atoms with Crippen LogP contribution >= 0.6 is 11.3 Å². The number of nitrogens with two attached hydrogens (primary N) is 1. The highest BCUT2D eigenvalue weighted by Gasteiger charge is 2.23. The molecule has 1 unspecified atom stereocenters. The molecule has 0 saturated heterocycles. The number of rotatable bonds is 7. The second-order valence-corrected chi connectivity index (χ2v) is 5.05. The largest absolute Gasteiger partial charge is 0.481 e. The fourth-order valence-electron chi connectivity index (χ4n) is 1.36. The highest BCUT2D eigenvalue weighted by atomic mass is 32.1. The number of amides is 1. The molecular weight excluding hydrogens is 286 g/mol. The number of carboxylic acid groups (broad SMARTS) is 2. The molecule has 110 valence electrons. The van der Waals surface area contributed by atoms with E-state index in [1.165, 1.54) is 16.7 Å². The Bertz CT molecular complexity index is 514. The van der Waals surface area contributed by atoms with Gasteiger partial charge in [0.25, 0.3) is 5.91 Å². The third-order valence-corrected chi connectivity index (χ3v) is 3.44. The van der Waals surface area contributed by atoms with E-state index in [0.29, 0.717) is 5.01 Å². The maximum atomic E-state index is 11.8. The molecule has 5 N–H and O–H groups in total. The third kappa shape index (κ3) is 4.59. The van der Waals surface area contributed by atoms with Crippen LogP contribution in [0.2, 0.25) is 0 Å². The maximum Gasteiger partial charge on any atom is 0.326 e. The van der Waals surface area contributed by atoms with Gasteiger partial charge in [-0.25, -0.2) is 9.78 Å². The van der Waals surface area contributed by atoms with Gasteiger partial charge >= 0.3 is 11.9 Å². The van der Waals surface area contributed by atoms with Crippen LogP contribution in [0.25, 0.3) is 0 Å². The van der Waals surface area contributed by atoms with Crippen LogP contribution in [0.4, 0.5) is 0 Å². The van der Waals surface area contributed by atoms with E-state index in [1.54, 1.807) is 6.92 Å². The zero-order chi connectivity index (χ0) is 15.3. The Kier molecular flexibility index (Phi) is 5.59. The summed E-state index contributed by atoms with van der Waals surface area (Å²) in [6.07, 6.45) is -0.542. The predicted molar refractivity (Wildman–Crippen MR) is 70.5 cm³/mol. The molecule has 0 aromatic carbocycles. The molecule has 9 heteroatoms. The number of nitrogens with zero attached hydrogens (tertiary/aromatic N) is 1. The van der Waals surface area contributed by atoms with E-state index in [1.807, 2.05) is 0 Å². The van der Waals surface area contributed by atoms with E-state index in [9.17, 15) is 14.4 Å². The first-order valence-corrected chi connectivity index (χ1v) is 6.65. The lowest BCUT2D eigenvalue weighted by atomic mass is 10.1. The molecule has 0 aliphatic rings. The summed E-state index contributed by atoms with van der Waals surface area (Å²) in [5.41, 5.74) is 5.69. The molecule has 0 spiro atoms. The molecule has 0 bridgehead atoms. The van der Waals surface area contributed by atoms with Gasteiger partial charge in [-0.05, 0) is 13.3 Å². The first-order chi connectivity index (χ1) is 9.31. The Morgan fingerprint density at radius 3 is 2.55 bits per heavy atom. The zero-order valence-electron chi connectivity index (χ0n) is 10.7. The molecule has 1 rings (SSSR count). The van der Waals surface area contributed by atoms with Crippen LogP contribution in [-0.2, 0) is 9.59 Å². The quantitative estimate of drug-likeness (QED) is 0.563. The minimum absolute atomic E-state index is 0.0730. The summed E-state index contributed by atoms with van der Waals surface area (Å²) < 4.78 is 0. The number of hydrogen-bond acceptors (Lipinski definition) is 6. The van der Waals surface area contributed by atoms with Gasteiger partial charge in [0, 0.05) is 11.8 Å². The molecule has 1 heterocycles. The molecule has 0 saturated carbocycles. The number of thiazole rings is 1. The van der Waals surface area contributed by atoms with Crippen molar-refractivity contribution in [1.82, 2.24) is 10.3 Å². The van der Waals surface area contributed by atoms with Crippen molar-refractivity contribution in [3.05, 3.63) is 16.1 Å². The summed E-state index contributed by atoms with van der Waals surface area (Å²) in [6, 6.07) is -1.58. The number of aliphatic carboxylic acids is 2. The summed E-state index contributed by atoms with van der Waals surface area (Å²) in [5, 5.41) is 21.7. The Hall–Kier alpha value is -2.00. The molecule has 0 aliphatic heterocycles. The van der Waals surface area contributed by atoms with E-state index in [0.717, 1.165) is 0 Å². The minimum atomic E-state index is -1.29. The van der Waals surface area contributed by atoms with Crippen molar-refractivity contribution in [2.45, 2.75) is 31.8 Å². The average molecular weight is 301 g/mol. The molecule has 2 atom stereocenters. The van der Waals surface area contributed by atoms with E-state index >= 15 is 0 Å². The summed E-state index contributed by atoms with van der Waals surface area (Å²) in [5.74, 6) is -3.08. The van der Waals surface area contributed by atoms with Crippen LogP contribution in [0, 0.1) is 0 Å². The van der Waals surface area contributed by atoms with Gasteiger partial charge in [-0.15, -0.1) is 11.3 Å². The molecule has 1 aromatic heterocycles.